The zero-order chi connectivity index (χ0) is 10.6. The SMILES string of the molecule is C=Cc1nc(C)cn1/C=C(\C)CCC. The average Bonchev–Trinajstić information content (AvgIpc) is 2.46. The van der Waals surface area contributed by atoms with Crippen molar-refractivity contribution in [3.05, 3.63) is 29.9 Å². The van der Waals surface area contributed by atoms with E-state index in [9.17, 15) is 0 Å². The van der Waals surface area contributed by atoms with Crippen molar-refractivity contribution in [2.24, 2.45) is 0 Å². The molecule has 0 aliphatic rings. The maximum Gasteiger partial charge on any atom is 0.136 e. The summed E-state index contributed by atoms with van der Waals surface area (Å²) in [4.78, 5) is 4.34. The fourth-order valence-electron chi connectivity index (χ4n) is 1.49. The third-order valence-electron chi connectivity index (χ3n) is 2.07. The van der Waals surface area contributed by atoms with Gasteiger partial charge in [-0.15, -0.1) is 0 Å². The summed E-state index contributed by atoms with van der Waals surface area (Å²) in [6, 6.07) is 0. The summed E-state index contributed by atoms with van der Waals surface area (Å²) >= 11 is 0. The number of aromatic nitrogens is 2. The van der Waals surface area contributed by atoms with E-state index in [0.717, 1.165) is 17.9 Å². The van der Waals surface area contributed by atoms with Gasteiger partial charge in [-0.05, 0) is 26.3 Å². The van der Waals surface area contributed by atoms with E-state index in [1.165, 1.54) is 12.0 Å². The minimum absolute atomic E-state index is 0.915. The smallest absolute Gasteiger partial charge is 0.136 e. The quantitative estimate of drug-likeness (QED) is 0.710. The number of hydrogen-bond donors (Lipinski definition) is 0. The fraction of sp³-hybridized carbons (Fsp3) is 0.417. The number of imidazole rings is 1. The summed E-state index contributed by atoms with van der Waals surface area (Å²) < 4.78 is 2.04. The Morgan fingerprint density at radius 2 is 2.36 bits per heavy atom. The Hall–Kier alpha value is -1.31. The Morgan fingerprint density at radius 3 is 2.93 bits per heavy atom. The van der Waals surface area contributed by atoms with E-state index in [1.54, 1.807) is 6.08 Å². The van der Waals surface area contributed by atoms with Gasteiger partial charge in [-0.2, -0.15) is 0 Å². The van der Waals surface area contributed by atoms with Crippen LogP contribution in [0.25, 0.3) is 12.3 Å². The molecule has 1 heterocycles. The van der Waals surface area contributed by atoms with Gasteiger partial charge in [0.05, 0.1) is 5.69 Å². The number of nitrogens with zero attached hydrogens (tertiary/aromatic N) is 2. The first-order chi connectivity index (χ1) is 6.67. The summed E-state index contributed by atoms with van der Waals surface area (Å²) in [6.07, 6.45) is 8.24. The predicted molar refractivity (Wildman–Crippen MR) is 61.9 cm³/mol. The van der Waals surface area contributed by atoms with Gasteiger partial charge in [0.2, 0.25) is 0 Å². The van der Waals surface area contributed by atoms with Gasteiger partial charge in [-0.1, -0.05) is 25.5 Å². The van der Waals surface area contributed by atoms with Gasteiger partial charge in [0.25, 0.3) is 0 Å². The van der Waals surface area contributed by atoms with Crippen LogP contribution in [0.15, 0.2) is 18.3 Å². The topological polar surface area (TPSA) is 17.8 Å². The van der Waals surface area contributed by atoms with Crippen LogP contribution in [0.2, 0.25) is 0 Å². The van der Waals surface area contributed by atoms with Gasteiger partial charge < -0.3 is 4.57 Å². The van der Waals surface area contributed by atoms with E-state index < -0.39 is 0 Å². The summed E-state index contributed by atoms with van der Waals surface area (Å²) in [5, 5.41) is 0. The fourth-order valence-corrected chi connectivity index (χ4v) is 1.49. The summed E-state index contributed by atoms with van der Waals surface area (Å²) in [6.45, 7) is 10.1. The van der Waals surface area contributed by atoms with Crippen LogP contribution in [0, 0.1) is 6.92 Å². The largest absolute Gasteiger partial charge is 0.307 e. The predicted octanol–water partition coefficient (Wildman–Crippen LogP) is 3.50. The van der Waals surface area contributed by atoms with Crippen LogP contribution in [0.4, 0.5) is 0 Å². The van der Waals surface area contributed by atoms with Crippen molar-refractivity contribution in [3.63, 3.8) is 0 Å². The minimum atomic E-state index is 0.915. The second kappa shape index (κ2) is 4.80. The molecule has 76 valence electrons. The molecule has 1 rings (SSSR count). The first-order valence-corrected chi connectivity index (χ1v) is 5.02. The molecule has 0 spiro atoms. The highest BCUT2D eigenvalue weighted by molar-refractivity contribution is 5.45. The van der Waals surface area contributed by atoms with E-state index in [1.807, 2.05) is 17.7 Å². The molecule has 14 heavy (non-hydrogen) atoms. The molecule has 0 atom stereocenters. The van der Waals surface area contributed by atoms with Crippen LogP contribution in [0.1, 0.15) is 38.2 Å². The Kier molecular flexibility index (Phi) is 3.69. The number of allylic oxidation sites excluding steroid dienone is 1. The minimum Gasteiger partial charge on any atom is -0.307 e. The van der Waals surface area contributed by atoms with Crippen molar-refractivity contribution < 1.29 is 0 Å². The van der Waals surface area contributed by atoms with Crippen molar-refractivity contribution in [1.29, 1.82) is 0 Å². The van der Waals surface area contributed by atoms with Crippen molar-refractivity contribution >= 4 is 12.3 Å². The van der Waals surface area contributed by atoms with Gasteiger partial charge in [-0.3, -0.25) is 0 Å². The molecule has 0 aliphatic heterocycles. The molecule has 0 saturated carbocycles. The van der Waals surface area contributed by atoms with Gasteiger partial charge in [0.15, 0.2) is 0 Å². The van der Waals surface area contributed by atoms with Crippen LogP contribution in [-0.4, -0.2) is 9.55 Å². The first kappa shape index (κ1) is 10.8. The maximum atomic E-state index is 4.34. The summed E-state index contributed by atoms with van der Waals surface area (Å²) in [5.41, 5.74) is 2.40. The Labute approximate surface area is 86.0 Å². The Balaban J connectivity index is 2.94. The molecule has 2 heteroatoms. The molecule has 0 fully saturated rings. The first-order valence-electron chi connectivity index (χ1n) is 5.02. The van der Waals surface area contributed by atoms with Gasteiger partial charge in [0, 0.05) is 12.4 Å². The second-order valence-corrected chi connectivity index (χ2v) is 3.58. The normalized spacial score (nSPS) is 11.8. The van der Waals surface area contributed by atoms with Crippen molar-refractivity contribution in [1.82, 2.24) is 9.55 Å². The second-order valence-electron chi connectivity index (χ2n) is 3.58. The molecule has 1 aromatic heterocycles. The number of hydrogen-bond acceptors (Lipinski definition) is 1. The molecule has 0 unspecified atom stereocenters. The van der Waals surface area contributed by atoms with Crippen molar-refractivity contribution in [2.75, 3.05) is 0 Å². The van der Waals surface area contributed by atoms with Crippen LogP contribution in [-0.2, 0) is 0 Å². The van der Waals surface area contributed by atoms with Gasteiger partial charge in [-0.25, -0.2) is 4.98 Å². The van der Waals surface area contributed by atoms with E-state index in [4.69, 9.17) is 0 Å². The highest BCUT2D eigenvalue weighted by Gasteiger charge is 1.99. The van der Waals surface area contributed by atoms with E-state index in [-0.39, 0.29) is 0 Å². The lowest BCUT2D eigenvalue weighted by Gasteiger charge is -2.00. The molecule has 0 aliphatic carbocycles. The standard InChI is InChI=1S/C12H18N2/c1-5-7-10(3)8-14-9-11(4)13-12(14)6-2/h6,8-9H,2,5,7H2,1,3-4H3/b10-8+. The average molecular weight is 190 g/mol. The molecule has 1 aromatic rings. The monoisotopic (exact) mass is 190 g/mol. The van der Waals surface area contributed by atoms with E-state index in [2.05, 4.69) is 31.6 Å². The molecule has 0 N–H and O–H groups in total. The molecule has 2 nitrogen and oxygen atoms in total. The molecular formula is C12H18N2. The van der Waals surface area contributed by atoms with E-state index in [0.29, 0.717) is 0 Å². The van der Waals surface area contributed by atoms with Gasteiger partial charge in [0.1, 0.15) is 5.82 Å². The van der Waals surface area contributed by atoms with Crippen LogP contribution < -0.4 is 0 Å². The lowest BCUT2D eigenvalue weighted by Crippen LogP contribution is -1.90. The van der Waals surface area contributed by atoms with Gasteiger partial charge >= 0.3 is 0 Å². The lowest BCUT2D eigenvalue weighted by atomic mass is 10.2. The number of aryl methyl sites for hydroxylation is 1. The molecule has 0 amide bonds. The van der Waals surface area contributed by atoms with E-state index >= 15 is 0 Å². The zero-order valence-corrected chi connectivity index (χ0v) is 9.25. The third kappa shape index (κ3) is 2.59. The summed E-state index contributed by atoms with van der Waals surface area (Å²) in [7, 11) is 0. The summed E-state index contributed by atoms with van der Waals surface area (Å²) in [5.74, 6) is 0.915. The highest BCUT2D eigenvalue weighted by Crippen LogP contribution is 2.10. The van der Waals surface area contributed by atoms with Crippen molar-refractivity contribution in [3.8, 4) is 0 Å². The number of rotatable bonds is 4. The highest BCUT2D eigenvalue weighted by atomic mass is 15.0. The van der Waals surface area contributed by atoms with Crippen LogP contribution in [0.5, 0.6) is 0 Å². The maximum absolute atomic E-state index is 4.34. The molecular weight excluding hydrogens is 172 g/mol. The molecule has 0 aromatic carbocycles. The van der Waals surface area contributed by atoms with Crippen LogP contribution >= 0.6 is 0 Å². The molecule has 0 radical (unpaired) electrons. The Morgan fingerprint density at radius 1 is 1.64 bits per heavy atom. The Bertz CT molecular complexity index is 345. The molecule has 0 bridgehead atoms. The third-order valence-corrected chi connectivity index (χ3v) is 2.07. The van der Waals surface area contributed by atoms with Crippen molar-refractivity contribution in [2.45, 2.75) is 33.6 Å². The molecule has 0 saturated heterocycles. The van der Waals surface area contributed by atoms with Crippen LogP contribution in [0.3, 0.4) is 0 Å². The zero-order valence-electron chi connectivity index (χ0n) is 9.25. The lowest BCUT2D eigenvalue weighted by molar-refractivity contribution is 0.901.